The molecule has 1 aromatic heterocycles. The Bertz CT molecular complexity index is 490. The minimum Gasteiger partial charge on any atom is -0.452 e. The summed E-state index contributed by atoms with van der Waals surface area (Å²) in [5.74, 6) is 0.930. The molecular formula is C16H20BrNO. The number of hydrogen-bond donors (Lipinski definition) is 1. The van der Waals surface area contributed by atoms with Gasteiger partial charge in [-0.1, -0.05) is 31.9 Å². The van der Waals surface area contributed by atoms with Crippen molar-refractivity contribution in [1.29, 1.82) is 0 Å². The van der Waals surface area contributed by atoms with E-state index in [1.807, 2.05) is 12.1 Å². The molecule has 2 nitrogen and oxygen atoms in total. The minimum absolute atomic E-state index is 0.709. The fourth-order valence-electron chi connectivity index (χ4n) is 2.00. The first kappa shape index (κ1) is 14.2. The lowest BCUT2D eigenvalue weighted by molar-refractivity contribution is 0.495. The molecule has 2 rings (SSSR count). The Morgan fingerprint density at radius 1 is 1.05 bits per heavy atom. The smallest absolute Gasteiger partial charge is 0.169 e. The summed E-state index contributed by atoms with van der Waals surface area (Å²) in [7, 11) is 0. The number of halogens is 1. The molecule has 0 aliphatic heterocycles. The highest BCUT2D eigenvalue weighted by molar-refractivity contribution is 9.10. The van der Waals surface area contributed by atoms with Crippen LogP contribution in [0.2, 0.25) is 0 Å². The highest BCUT2D eigenvalue weighted by Crippen LogP contribution is 2.17. The van der Waals surface area contributed by atoms with Crippen LogP contribution < -0.4 is 5.32 Å². The maximum Gasteiger partial charge on any atom is 0.169 e. The summed E-state index contributed by atoms with van der Waals surface area (Å²) in [5.41, 5.74) is 2.55. The molecule has 3 heteroatoms. The van der Waals surface area contributed by atoms with Gasteiger partial charge in [-0.3, -0.25) is 0 Å². The number of nitrogens with one attached hydrogen (secondary N) is 1. The first-order valence-corrected chi connectivity index (χ1v) is 7.64. The zero-order chi connectivity index (χ0) is 13.5. The van der Waals surface area contributed by atoms with Crippen molar-refractivity contribution in [2.24, 2.45) is 0 Å². The fourth-order valence-corrected chi connectivity index (χ4v) is 2.34. The van der Waals surface area contributed by atoms with Crippen LogP contribution in [-0.2, 0) is 13.0 Å². The Kier molecular flexibility index (Phi) is 5.52. The number of aryl methyl sites for hydroxylation is 1. The van der Waals surface area contributed by atoms with Crippen LogP contribution in [0.25, 0.3) is 0 Å². The van der Waals surface area contributed by atoms with Crippen LogP contribution >= 0.6 is 15.9 Å². The van der Waals surface area contributed by atoms with Gasteiger partial charge in [-0.2, -0.15) is 0 Å². The maximum absolute atomic E-state index is 5.45. The van der Waals surface area contributed by atoms with E-state index >= 15 is 0 Å². The molecule has 1 heterocycles. The Morgan fingerprint density at radius 2 is 1.84 bits per heavy atom. The molecule has 2 aromatic rings. The lowest BCUT2D eigenvalue weighted by Crippen LogP contribution is -1.98. The lowest BCUT2D eigenvalue weighted by atomic mass is 10.1. The quantitative estimate of drug-likeness (QED) is 0.692. The summed E-state index contributed by atoms with van der Waals surface area (Å²) >= 11 is 3.30. The predicted molar refractivity (Wildman–Crippen MR) is 83.4 cm³/mol. The van der Waals surface area contributed by atoms with Gasteiger partial charge in [-0.25, -0.2) is 0 Å². The predicted octanol–water partition coefficient (Wildman–Crippen LogP) is 5.39. The lowest BCUT2D eigenvalue weighted by Gasteiger charge is -2.06. The van der Waals surface area contributed by atoms with Gasteiger partial charge in [0.2, 0.25) is 0 Å². The van der Waals surface area contributed by atoms with Gasteiger partial charge in [0.25, 0.3) is 0 Å². The highest BCUT2D eigenvalue weighted by atomic mass is 79.9. The van der Waals surface area contributed by atoms with Crippen molar-refractivity contribution < 1.29 is 4.42 Å². The third-order valence-corrected chi connectivity index (χ3v) is 3.54. The van der Waals surface area contributed by atoms with Gasteiger partial charge in [0.1, 0.15) is 5.76 Å². The second-order valence-corrected chi connectivity index (χ2v) is 5.49. The van der Waals surface area contributed by atoms with Gasteiger partial charge >= 0.3 is 0 Å². The van der Waals surface area contributed by atoms with E-state index in [9.17, 15) is 0 Å². The molecule has 0 aliphatic rings. The SMILES string of the molecule is CCCCCc1ccc(NCc2ccc(Br)o2)cc1. The number of hydrogen-bond acceptors (Lipinski definition) is 2. The monoisotopic (exact) mass is 321 g/mol. The van der Waals surface area contributed by atoms with Crippen molar-refractivity contribution >= 4 is 21.6 Å². The van der Waals surface area contributed by atoms with Crippen molar-refractivity contribution in [2.45, 2.75) is 39.2 Å². The zero-order valence-corrected chi connectivity index (χ0v) is 12.9. The summed E-state index contributed by atoms with van der Waals surface area (Å²) in [4.78, 5) is 0. The topological polar surface area (TPSA) is 25.2 Å². The summed E-state index contributed by atoms with van der Waals surface area (Å²) in [5, 5.41) is 3.35. The van der Waals surface area contributed by atoms with E-state index in [0.29, 0.717) is 6.54 Å². The van der Waals surface area contributed by atoms with E-state index in [4.69, 9.17) is 4.42 Å². The average molecular weight is 322 g/mol. The van der Waals surface area contributed by atoms with Crippen LogP contribution in [0.1, 0.15) is 37.5 Å². The van der Waals surface area contributed by atoms with Gasteiger partial charge < -0.3 is 9.73 Å². The van der Waals surface area contributed by atoms with Gasteiger partial charge in [-0.05, 0) is 58.6 Å². The first-order valence-electron chi connectivity index (χ1n) is 6.85. The Labute approximate surface area is 123 Å². The van der Waals surface area contributed by atoms with Crippen LogP contribution in [0.5, 0.6) is 0 Å². The third-order valence-electron chi connectivity index (χ3n) is 3.12. The molecule has 0 amide bonds. The molecule has 1 aromatic carbocycles. The number of anilines is 1. The molecule has 19 heavy (non-hydrogen) atoms. The molecule has 0 radical (unpaired) electrons. The summed E-state index contributed by atoms with van der Waals surface area (Å²) in [6.07, 6.45) is 5.05. The molecule has 0 fully saturated rings. The maximum atomic E-state index is 5.45. The van der Waals surface area contributed by atoms with Crippen LogP contribution in [0, 0.1) is 0 Å². The Hall–Kier alpha value is -1.22. The highest BCUT2D eigenvalue weighted by Gasteiger charge is 1.99. The molecule has 0 unspecified atom stereocenters. The second kappa shape index (κ2) is 7.39. The van der Waals surface area contributed by atoms with E-state index in [1.54, 1.807) is 0 Å². The number of furan rings is 1. The standard InChI is InChI=1S/C16H20BrNO/c1-2-3-4-5-13-6-8-14(9-7-13)18-12-15-10-11-16(17)19-15/h6-11,18H,2-5,12H2,1H3. The normalized spacial score (nSPS) is 10.6. The van der Waals surface area contributed by atoms with E-state index < -0.39 is 0 Å². The summed E-state index contributed by atoms with van der Waals surface area (Å²) in [6.45, 7) is 2.95. The fraction of sp³-hybridized carbons (Fsp3) is 0.375. The molecule has 0 bridgehead atoms. The molecule has 0 saturated heterocycles. The molecule has 0 atom stereocenters. The van der Waals surface area contributed by atoms with Gasteiger partial charge in [0, 0.05) is 5.69 Å². The molecule has 102 valence electrons. The van der Waals surface area contributed by atoms with Crippen molar-refractivity contribution in [3.63, 3.8) is 0 Å². The summed E-state index contributed by atoms with van der Waals surface area (Å²) in [6, 6.07) is 12.6. The molecule has 0 aliphatic carbocycles. The molecule has 0 saturated carbocycles. The van der Waals surface area contributed by atoms with Gasteiger partial charge in [-0.15, -0.1) is 0 Å². The largest absolute Gasteiger partial charge is 0.452 e. The Balaban J connectivity index is 1.81. The number of benzene rings is 1. The van der Waals surface area contributed by atoms with Gasteiger partial charge in [0.15, 0.2) is 4.67 Å². The van der Waals surface area contributed by atoms with Crippen molar-refractivity contribution in [3.05, 3.63) is 52.4 Å². The van der Waals surface area contributed by atoms with E-state index in [1.165, 1.54) is 31.2 Å². The number of unbranched alkanes of at least 4 members (excludes halogenated alkanes) is 2. The molecule has 1 N–H and O–H groups in total. The van der Waals surface area contributed by atoms with Crippen molar-refractivity contribution in [2.75, 3.05) is 5.32 Å². The number of rotatable bonds is 7. The van der Waals surface area contributed by atoms with Crippen LogP contribution in [-0.4, -0.2) is 0 Å². The van der Waals surface area contributed by atoms with Crippen LogP contribution in [0.3, 0.4) is 0 Å². The summed E-state index contributed by atoms with van der Waals surface area (Å²) < 4.78 is 6.22. The minimum atomic E-state index is 0.709. The van der Waals surface area contributed by atoms with Crippen molar-refractivity contribution in [1.82, 2.24) is 0 Å². The van der Waals surface area contributed by atoms with Crippen LogP contribution in [0.4, 0.5) is 5.69 Å². The van der Waals surface area contributed by atoms with Gasteiger partial charge in [0.05, 0.1) is 6.54 Å². The first-order chi connectivity index (χ1) is 9.28. The molecular weight excluding hydrogens is 302 g/mol. The van der Waals surface area contributed by atoms with Crippen molar-refractivity contribution in [3.8, 4) is 0 Å². The Morgan fingerprint density at radius 3 is 2.47 bits per heavy atom. The zero-order valence-electron chi connectivity index (χ0n) is 11.3. The second-order valence-electron chi connectivity index (χ2n) is 4.71. The molecule has 0 spiro atoms. The van der Waals surface area contributed by atoms with Crippen LogP contribution in [0.15, 0.2) is 45.5 Å². The van der Waals surface area contributed by atoms with E-state index in [2.05, 4.69) is 52.4 Å². The van der Waals surface area contributed by atoms with E-state index in [-0.39, 0.29) is 0 Å². The van der Waals surface area contributed by atoms with E-state index in [0.717, 1.165) is 16.1 Å². The third kappa shape index (κ3) is 4.75. The average Bonchev–Trinajstić information content (AvgIpc) is 2.84.